The Morgan fingerprint density at radius 3 is 2.35 bits per heavy atom. The van der Waals surface area contributed by atoms with E-state index in [1.54, 1.807) is 12.1 Å². The van der Waals surface area contributed by atoms with Gasteiger partial charge in [0.2, 0.25) is 0 Å². The fraction of sp³-hybridized carbons (Fsp3) is 0.214. The van der Waals surface area contributed by atoms with Gasteiger partial charge in [0, 0.05) is 5.56 Å². The lowest BCUT2D eigenvalue weighted by Gasteiger charge is -2.04. The van der Waals surface area contributed by atoms with E-state index in [4.69, 9.17) is 4.52 Å². The molecule has 1 heterocycles. The number of nitrogens with zero attached hydrogens (tertiary/aromatic N) is 1. The summed E-state index contributed by atoms with van der Waals surface area (Å²) in [4.78, 5) is 23.5. The van der Waals surface area contributed by atoms with Gasteiger partial charge in [0.05, 0.1) is 14.2 Å². The van der Waals surface area contributed by atoms with Gasteiger partial charge in [-0.1, -0.05) is 29.4 Å². The molecule has 0 fully saturated rings. The predicted octanol–water partition coefficient (Wildman–Crippen LogP) is 2.22. The van der Waals surface area contributed by atoms with E-state index in [0.717, 1.165) is 5.56 Å². The molecule has 0 radical (unpaired) electrons. The third kappa shape index (κ3) is 2.27. The molecule has 1 aromatic carbocycles. The fourth-order valence-electron chi connectivity index (χ4n) is 1.84. The summed E-state index contributed by atoms with van der Waals surface area (Å²) in [6.07, 6.45) is 0. The number of aryl methyl sites for hydroxylation is 1. The predicted molar refractivity (Wildman–Crippen MR) is 69.4 cm³/mol. The van der Waals surface area contributed by atoms with Crippen LogP contribution in [0.2, 0.25) is 0 Å². The molecule has 1 aromatic heterocycles. The van der Waals surface area contributed by atoms with Crippen molar-refractivity contribution in [3.05, 3.63) is 41.2 Å². The van der Waals surface area contributed by atoms with Crippen LogP contribution in [0.15, 0.2) is 28.8 Å². The van der Waals surface area contributed by atoms with Crippen molar-refractivity contribution in [3.8, 4) is 11.3 Å². The molecule has 6 heteroatoms. The van der Waals surface area contributed by atoms with Crippen LogP contribution in [-0.2, 0) is 9.47 Å². The molecule has 0 saturated carbocycles. The fourth-order valence-corrected chi connectivity index (χ4v) is 1.84. The molecule has 0 saturated heterocycles. The Labute approximate surface area is 115 Å². The Morgan fingerprint density at radius 1 is 1.10 bits per heavy atom. The molecule has 6 nitrogen and oxygen atoms in total. The van der Waals surface area contributed by atoms with Crippen molar-refractivity contribution in [1.82, 2.24) is 5.16 Å². The molecule has 0 spiro atoms. The standard InChI is InChI=1S/C14H13NO5/c1-8-6-4-5-7-9(8)11-10(13(16)18-2)12(20-15-11)14(17)19-3/h4-7H,1-3H3. The lowest BCUT2D eigenvalue weighted by molar-refractivity contribution is 0.0521. The van der Waals surface area contributed by atoms with Crippen molar-refractivity contribution < 1.29 is 23.6 Å². The number of ether oxygens (including phenoxy) is 2. The lowest BCUT2D eigenvalue weighted by atomic mass is 10.0. The third-order valence-electron chi connectivity index (χ3n) is 2.85. The first-order valence-electron chi connectivity index (χ1n) is 5.82. The molecule has 0 aliphatic carbocycles. The van der Waals surface area contributed by atoms with Gasteiger partial charge in [0.25, 0.3) is 5.76 Å². The average Bonchev–Trinajstić information content (AvgIpc) is 2.90. The van der Waals surface area contributed by atoms with Gasteiger partial charge in [-0.2, -0.15) is 0 Å². The summed E-state index contributed by atoms with van der Waals surface area (Å²) in [5, 5.41) is 3.81. The van der Waals surface area contributed by atoms with Crippen LogP contribution in [0.4, 0.5) is 0 Å². The van der Waals surface area contributed by atoms with Crippen molar-refractivity contribution in [2.45, 2.75) is 6.92 Å². The minimum absolute atomic E-state index is 0.0337. The highest BCUT2D eigenvalue weighted by molar-refractivity contribution is 6.05. The highest BCUT2D eigenvalue weighted by Crippen LogP contribution is 2.29. The number of carbonyl (C=O) groups is 2. The summed E-state index contributed by atoms with van der Waals surface area (Å²) in [6.45, 7) is 1.86. The summed E-state index contributed by atoms with van der Waals surface area (Å²) in [7, 11) is 2.41. The summed E-state index contributed by atoms with van der Waals surface area (Å²) in [6, 6.07) is 7.30. The first-order chi connectivity index (χ1) is 9.60. The van der Waals surface area contributed by atoms with E-state index in [1.165, 1.54) is 14.2 Å². The lowest BCUT2D eigenvalue weighted by Crippen LogP contribution is -2.10. The monoisotopic (exact) mass is 275 g/mol. The molecule has 0 aliphatic heterocycles. The van der Waals surface area contributed by atoms with Crippen LogP contribution in [0, 0.1) is 6.92 Å². The van der Waals surface area contributed by atoms with E-state index < -0.39 is 11.9 Å². The van der Waals surface area contributed by atoms with Crippen molar-refractivity contribution >= 4 is 11.9 Å². The summed E-state index contributed by atoms with van der Waals surface area (Å²) >= 11 is 0. The number of rotatable bonds is 3. The first-order valence-corrected chi connectivity index (χ1v) is 5.82. The molecular formula is C14H13NO5. The molecule has 0 unspecified atom stereocenters. The Hall–Kier alpha value is -2.63. The topological polar surface area (TPSA) is 78.6 Å². The Kier molecular flexibility index (Phi) is 3.84. The van der Waals surface area contributed by atoms with Crippen molar-refractivity contribution in [1.29, 1.82) is 0 Å². The van der Waals surface area contributed by atoms with Crippen LogP contribution in [0.1, 0.15) is 26.5 Å². The van der Waals surface area contributed by atoms with Crippen LogP contribution in [-0.4, -0.2) is 31.3 Å². The second-order valence-electron chi connectivity index (χ2n) is 4.03. The average molecular weight is 275 g/mol. The number of carbonyl (C=O) groups excluding carboxylic acids is 2. The van der Waals surface area contributed by atoms with E-state index in [9.17, 15) is 9.59 Å². The van der Waals surface area contributed by atoms with Crippen LogP contribution in [0.5, 0.6) is 0 Å². The normalized spacial score (nSPS) is 10.2. The van der Waals surface area contributed by atoms with Gasteiger partial charge in [0.15, 0.2) is 0 Å². The van der Waals surface area contributed by atoms with Crippen LogP contribution in [0.3, 0.4) is 0 Å². The minimum Gasteiger partial charge on any atom is -0.465 e. The highest BCUT2D eigenvalue weighted by atomic mass is 16.6. The second kappa shape index (κ2) is 5.56. The zero-order chi connectivity index (χ0) is 14.7. The van der Waals surface area contributed by atoms with Gasteiger partial charge >= 0.3 is 11.9 Å². The molecule has 0 N–H and O–H groups in total. The third-order valence-corrected chi connectivity index (χ3v) is 2.85. The van der Waals surface area contributed by atoms with Gasteiger partial charge < -0.3 is 14.0 Å². The zero-order valence-electron chi connectivity index (χ0n) is 11.3. The number of aromatic nitrogens is 1. The molecule has 2 aromatic rings. The second-order valence-corrected chi connectivity index (χ2v) is 4.03. The van der Waals surface area contributed by atoms with Gasteiger partial charge in [-0.05, 0) is 12.5 Å². The van der Waals surface area contributed by atoms with Crippen molar-refractivity contribution in [3.63, 3.8) is 0 Å². The Balaban J connectivity index is 2.66. The summed E-state index contributed by atoms with van der Waals surface area (Å²) in [5.74, 6) is -1.75. The van der Waals surface area contributed by atoms with E-state index in [1.807, 2.05) is 19.1 Å². The molecule has 2 rings (SSSR count). The summed E-state index contributed by atoms with van der Waals surface area (Å²) < 4.78 is 14.2. The van der Waals surface area contributed by atoms with Gasteiger partial charge in [-0.15, -0.1) is 0 Å². The van der Waals surface area contributed by atoms with E-state index >= 15 is 0 Å². The molecule has 0 amide bonds. The number of hydrogen-bond acceptors (Lipinski definition) is 6. The van der Waals surface area contributed by atoms with Crippen LogP contribution >= 0.6 is 0 Å². The largest absolute Gasteiger partial charge is 0.465 e. The van der Waals surface area contributed by atoms with Crippen molar-refractivity contribution in [2.24, 2.45) is 0 Å². The first kappa shape index (κ1) is 13.8. The van der Waals surface area contributed by atoms with E-state index in [0.29, 0.717) is 5.56 Å². The summed E-state index contributed by atoms with van der Waals surface area (Å²) in [5.41, 5.74) is 1.80. The van der Waals surface area contributed by atoms with Gasteiger partial charge in [-0.25, -0.2) is 9.59 Å². The maximum atomic E-state index is 11.9. The molecule has 0 aliphatic rings. The quantitative estimate of drug-likeness (QED) is 0.799. The number of esters is 2. The van der Waals surface area contributed by atoms with E-state index in [2.05, 4.69) is 14.6 Å². The maximum Gasteiger partial charge on any atom is 0.377 e. The van der Waals surface area contributed by atoms with Crippen molar-refractivity contribution in [2.75, 3.05) is 14.2 Å². The van der Waals surface area contributed by atoms with E-state index in [-0.39, 0.29) is 17.0 Å². The molecule has 0 bridgehead atoms. The number of benzene rings is 1. The SMILES string of the molecule is COC(=O)c1onc(-c2ccccc2C)c1C(=O)OC. The minimum atomic E-state index is -0.780. The molecule has 20 heavy (non-hydrogen) atoms. The molecule has 0 atom stereocenters. The number of methoxy groups -OCH3 is 2. The van der Waals surface area contributed by atoms with Gasteiger partial charge in [-0.3, -0.25) is 0 Å². The highest BCUT2D eigenvalue weighted by Gasteiger charge is 2.30. The van der Waals surface area contributed by atoms with Gasteiger partial charge in [0.1, 0.15) is 11.3 Å². The smallest absolute Gasteiger partial charge is 0.377 e. The molecule has 104 valence electrons. The maximum absolute atomic E-state index is 11.9. The number of hydrogen-bond donors (Lipinski definition) is 0. The zero-order valence-corrected chi connectivity index (χ0v) is 11.3. The van der Waals surface area contributed by atoms with Crippen LogP contribution in [0.25, 0.3) is 11.3 Å². The molecular weight excluding hydrogens is 262 g/mol. The van der Waals surface area contributed by atoms with Crippen LogP contribution < -0.4 is 0 Å². The Morgan fingerprint density at radius 2 is 1.75 bits per heavy atom. The Bertz CT molecular complexity index is 659.